The van der Waals surface area contributed by atoms with Crippen LogP contribution in [0.25, 0.3) is 0 Å². The third-order valence-corrected chi connectivity index (χ3v) is 4.34. The van der Waals surface area contributed by atoms with Gasteiger partial charge in [-0.1, -0.05) is 23.7 Å². The Labute approximate surface area is 199 Å². The molecule has 0 aliphatic heterocycles. The Morgan fingerprint density at radius 1 is 1.10 bits per heavy atom. The number of carbonyl (C=O) groups excluding carboxylic acids is 1. The molecule has 30 heavy (non-hydrogen) atoms. The minimum atomic E-state index is -0.116. The van der Waals surface area contributed by atoms with Crippen molar-refractivity contribution in [2.24, 2.45) is 4.99 Å². The van der Waals surface area contributed by atoms with E-state index in [1.54, 1.807) is 20.2 Å². The van der Waals surface area contributed by atoms with Crippen LogP contribution >= 0.6 is 35.6 Å². The quantitative estimate of drug-likeness (QED) is 0.193. The molecule has 2 rings (SSSR count). The molecule has 2 aromatic carbocycles. The van der Waals surface area contributed by atoms with Crippen molar-refractivity contribution in [3.8, 4) is 11.5 Å². The van der Waals surface area contributed by atoms with Gasteiger partial charge in [0.05, 0.1) is 13.7 Å². The van der Waals surface area contributed by atoms with Crippen LogP contribution in [0.1, 0.15) is 12.5 Å². The van der Waals surface area contributed by atoms with Gasteiger partial charge in [-0.05, 0) is 36.2 Å². The molecule has 1 amide bonds. The molecule has 0 aliphatic carbocycles. The zero-order valence-electron chi connectivity index (χ0n) is 17.3. The van der Waals surface area contributed by atoms with Crippen molar-refractivity contribution in [1.29, 1.82) is 0 Å². The van der Waals surface area contributed by atoms with Crippen LogP contribution in [0, 0.1) is 0 Å². The van der Waals surface area contributed by atoms with E-state index in [4.69, 9.17) is 21.1 Å². The number of hydrogen-bond acceptors (Lipinski definition) is 4. The number of amides is 1. The Hall–Kier alpha value is -2.20. The zero-order chi connectivity index (χ0) is 21.1. The molecule has 2 aromatic rings. The first kappa shape index (κ1) is 25.8. The lowest BCUT2D eigenvalue weighted by atomic mass is 10.1. The van der Waals surface area contributed by atoms with Crippen LogP contribution in [0.15, 0.2) is 47.5 Å². The highest BCUT2D eigenvalue weighted by molar-refractivity contribution is 14.0. The van der Waals surface area contributed by atoms with Crippen LogP contribution in [0.4, 0.5) is 5.69 Å². The third-order valence-electron chi connectivity index (χ3n) is 3.99. The number of halogens is 2. The summed E-state index contributed by atoms with van der Waals surface area (Å²) in [6, 6.07) is 12.9. The lowest BCUT2D eigenvalue weighted by molar-refractivity contribution is -0.114. The molecule has 0 saturated heterocycles. The van der Waals surface area contributed by atoms with Crippen LogP contribution in [0.2, 0.25) is 5.02 Å². The molecular weight excluding hydrogens is 519 g/mol. The molecule has 0 bridgehead atoms. The normalized spacial score (nSPS) is 10.6. The zero-order valence-corrected chi connectivity index (χ0v) is 20.4. The van der Waals surface area contributed by atoms with Crippen molar-refractivity contribution >= 4 is 53.1 Å². The summed E-state index contributed by atoms with van der Waals surface area (Å²) in [4.78, 5) is 15.3. The standard InChI is InChI=1S/C21H27ClN4O3.HI/c1-15(27)26-17-5-4-6-19(13-17)29-12-11-25-21(23-2)24-10-9-16-7-8-18(28-3)14-20(16)22;/h4-8,13-14H,9-12H2,1-3H3,(H,26,27)(H2,23,24,25);1H. The highest BCUT2D eigenvalue weighted by atomic mass is 127. The molecule has 0 aromatic heterocycles. The van der Waals surface area contributed by atoms with Gasteiger partial charge in [0.1, 0.15) is 18.1 Å². The summed E-state index contributed by atoms with van der Waals surface area (Å²) in [7, 11) is 3.33. The number of ether oxygens (including phenoxy) is 2. The first-order chi connectivity index (χ1) is 14.0. The van der Waals surface area contributed by atoms with E-state index in [0.29, 0.717) is 42.1 Å². The maximum absolute atomic E-state index is 11.1. The van der Waals surface area contributed by atoms with E-state index in [9.17, 15) is 4.79 Å². The van der Waals surface area contributed by atoms with Crippen LogP contribution in [-0.2, 0) is 11.2 Å². The van der Waals surface area contributed by atoms with Gasteiger partial charge in [-0.2, -0.15) is 0 Å². The fourth-order valence-corrected chi connectivity index (χ4v) is 2.86. The predicted molar refractivity (Wildman–Crippen MR) is 133 cm³/mol. The van der Waals surface area contributed by atoms with Gasteiger partial charge in [0.2, 0.25) is 5.91 Å². The lowest BCUT2D eigenvalue weighted by Crippen LogP contribution is -2.40. The molecule has 9 heteroatoms. The summed E-state index contributed by atoms with van der Waals surface area (Å²) in [6.45, 7) is 3.19. The number of guanidine groups is 1. The van der Waals surface area contributed by atoms with Crippen molar-refractivity contribution in [2.75, 3.05) is 39.2 Å². The summed E-state index contributed by atoms with van der Waals surface area (Å²) in [5, 5.41) is 9.86. The topological polar surface area (TPSA) is 84.0 Å². The largest absolute Gasteiger partial charge is 0.497 e. The highest BCUT2D eigenvalue weighted by Gasteiger charge is 2.04. The van der Waals surface area contributed by atoms with E-state index in [2.05, 4.69) is 20.9 Å². The van der Waals surface area contributed by atoms with Gasteiger partial charge in [0.15, 0.2) is 5.96 Å². The number of nitrogens with one attached hydrogen (secondary N) is 3. The third kappa shape index (κ3) is 9.08. The number of benzene rings is 2. The van der Waals surface area contributed by atoms with Crippen LogP contribution in [-0.4, -0.2) is 45.7 Å². The molecule has 3 N–H and O–H groups in total. The maximum atomic E-state index is 11.1. The van der Waals surface area contributed by atoms with Crippen molar-refractivity contribution in [3.05, 3.63) is 53.1 Å². The average molecular weight is 547 g/mol. The number of hydrogen-bond donors (Lipinski definition) is 3. The van der Waals surface area contributed by atoms with Crippen LogP contribution < -0.4 is 25.4 Å². The van der Waals surface area contributed by atoms with Crippen molar-refractivity contribution < 1.29 is 14.3 Å². The minimum absolute atomic E-state index is 0. The number of methoxy groups -OCH3 is 1. The van der Waals surface area contributed by atoms with E-state index in [-0.39, 0.29) is 29.9 Å². The summed E-state index contributed by atoms with van der Waals surface area (Å²) in [6.07, 6.45) is 0.760. The van der Waals surface area contributed by atoms with E-state index in [0.717, 1.165) is 17.7 Å². The van der Waals surface area contributed by atoms with Gasteiger partial charge in [0.25, 0.3) is 0 Å². The second-order valence-electron chi connectivity index (χ2n) is 6.19. The van der Waals surface area contributed by atoms with Crippen molar-refractivity contribution in [3.63, 3.8) is 0 Å². The van der Waals surface area contributed by atoms with Crippen LogP contribution in [0.3, 0.4) is 0 Å². The molecule has 164 valence electrons. The molecule has 7 nitrogen and oxygen atoms in total. The molecule has 0 fully saturated rings. The minimum Gasteiger partial charge on any atom is -0.497 e. The monoisotopic (exact) mass is 546 g/mol. The fraction of sp³-hybridized carbons (Fsp3) is 0.333. The highest BCUT2D eigenvalue weighted by Crippen LogP contribution is 2.22. The fourth-order valence-electron chi connectivity index (χ4n) is 2.60. The first-order valence-corrected chi connectivity index (χ1v) is 9.67. The molecule has 0 unspecified atom stereocenters. The SMILES string of the molecule is CN=C(NCCOc1cccc(NC(C)=O)c1)NCCc1ccc(OC)cc1Cl.I. The molecule has 0 radical (unpaired) electrons. The summed E-state index contributed by atoms with van der Waals surface area (Å²) in [5.41, 5.74) is 1.75. The van der Waals surface area contributed by atoms with Gasteiger partial charge in [-0.25, -0.2) is 0 Å². The molecule has 0 aliphatic rings. The number of anilines is 1. The maximum Gasteiger partial charge on any atom is 0.221 e. The number of rotatable bonds is 9. The van der Waals surface area contributed by atoms with Gasteiger partial charge in [-0.15, -0.1) is 24.0 Å². The van der Waals surface area contributed by atoms with E-state index in [1.807, 2.05) is 36.4 Å². The summed E-state index contributed by atoms with van der Waals surface area (Å²) < 4.78 is 10.9. The van der Waals surface area contributed by atoms with E-state index >= 15 is 0 Å². The van der Waals surface area contributed by atoms with Crippen molar-refractivity contribution in [1.82, 2.24) is 10.6 Å². The summed E-state index contributed by atoms with van der Waals surface area (Å²) >= 11 is 6.26. The Bertz CT molecular complexity index is 849. The second kappa shape index (κ2) is 13.9. The van der Waals surface area contributed by atoms with Gasteiger partial charge >= 0.3 is 0 Å². The summed E-state index contributed by atoms with van der Waals surface area (Å²) in [5.74, 6) is 2.00. The Morgan fingerprint density at radius 2 is 1.87 bits per heavy atom. The van der Waals surface area contributed by atoms with Gasteiger partial charge in [0, 0.05) is 37.3 Å². The Morgan fingerprint density at radius 3 is 2.53 bits per heavy atom. The average Bonchev–Trinajstić information content (AvgIpc) is 2.70. The van der Waals surface area contributed by atoms with Crippen LogP contribution in [0.5, 0.6) is 11.5 Å². The van der Waals surface area contributed by atoms with Crippen molar-refractivity contribution in [2.45, 2.75) is 13.3 Å². The van der Waals surface area contributed by atoms with Gasteiger partial charge < -0.3 is 25.4 Å². The smallest absolute Gasteiger partial charge is 0.221 e. The lowest BCUT2D eigenvalue weighted by Gasteiger charge is -2.13. The number of carbonyl (C=O) groups is 1. The molecule has 0 heterocycles. The molecule has 0 saturated carbocycles. The number of aliphatic imine (C=N–C) groups is 1. The first-order valence-electron chi connectivity index (χ1n) is 9.29. The van der Waals surface area contributed by atoms with E-state index < -0.39 is 0 Å². The molecule has 0 spiro atoms. The number of nitrogens with zero attached hydrogens (tertiary/aromatic N) is 1. The molecular formula is C21H28ClIN4O3. The van der Waals surface area contributed by atoms with E-state index in [1.165, 1.54) is 6.92 Å². The second-order valence-corrected chi connectivity index (χ2v) is 6.60. The Balaban J connectivity index is 0.00000450. The molecule has 0 atom stereocenters. The van der Waals surface area contributed by atoms with Gasteiger partial charge in [-0.3, -0.25) is 9.79 Å². The Kier molecular flexibility index (Phi) is 12.0. The predicted octanol–water partition coefficient (Wildman–Crippen LogP) is 3.71.